The number of fused-ring (bicyclic) bond motifs is 10. The van der Waals surface area contributed by atoms with Crippen LogP contribution in [0.4, 0.5) is 28.4 Å². The Morgan fingerprint density at radius 1 is 0.266 bits per heavy atom. The van der Waals surface area contributed by atoms with Crippen LogP contribution in [-0.4, -0.2) is 29.1 Å². The molecule has 0 saturated heterocycles. The van der Waals surface area contributed by atoms with Crippen molar-refractivity contribution in [1.29, 1.82) is 0 Å². The molecule has 0 spiro atoms. The van der Waals surface area contributed by atoms with E-state index >= 15 is 0 Å². The quantitative estimate of drug-likeness (QED) is 0.139. The first-order chi connectivity index (χ1) is 60.2. The van der Waals surface area contributed by atoms with Crippen LogP contribution in [0.25, 0.3) is 100 Å². The number of para-hydroxylation sites is 4. The number of aryl methyl sites for hydroxylation is 6. The standard InChI is InChI=1S/C57H44N4.C39H30N2.C18H15BrN2.CH4.H2/c1-37-24-32-52-49(34-37)57(43-18-10-6-11-19-43,44-28-31-48-47-22-14-15-23-51(47)60(54(48)36-44)45-20-12-7-13-21-45)50-35-38(2)25-33-53(50)61(52)46-29-26-42(27-30-46)56-39(3)55(58-40(4)59-56)41-16-8-5-9-17-41;1-26-17-21-35-33(23-26)39(28-11-5-3-6-12-28,34-24-27(2)18-22-36(34)40-35)29-19-20-32-31-15-9-10-16-37(31)41(38(32)25-29)30-13-7-4-8-14-30;1-12-17(14-6-4-3-5-7-14)20-13(2)21-18(12)15-8-10-16(19)11-9-15;;/h5-36H,1-4H3;3-25,40H,1-2H3;3-11H,1-2H3;1H4;1H/i;;;;1+1. The van der Waals surface area contributed by atoms with Crippen molar-refractivity contribution < 1.29 is 1.43 Å². The Kier molecular flexibility index (Phi) is 20.9. The number of halogens is 1. The Balaban J connectivity index is 0.000000142. The highest BCUT2D eigenvalue weighted by Gasteiger charge is 2.48. The minimum Gasteiger partial charge on any atom is -0.355 e. The third-order valence-corrected chi connectivity index (χ3v) is 25.3. The van der Waals surface area contributed by atoms with Crippen LogP contribution in [0.1, 0.15) is 98.4 Å². The van der Waals surface area contributed by atoms with Crippen LogP contribution in [-0.2, 0) is 10.8 Å². The van der Waals surface area contributed by atoms with Crippen molar-refractivity contribution in [2.45, 2.75) is 73.6 Å². The Morgan fingerprint density at radius 2 is 0.581 bits per heavy atom. The van der Waals surface area contributed by atoms with Gasteiger partial charge in [-0.2, -0.15) is 0 Å². The highest BCUT2D eigenvalue weighted by atomic mass is 79.9. The van der Waals surface area contributed by atoms with Gasteiger partial charge in [-0.1, -0.05) is 337 Å². The summed E-state index contributed by atoms with van der Waals surface area (Å²) in [6.07, 6.45) is 0. The highest BCUT2D eigenvalue weighted by molar-refractivity contribution is 9.10. The van der Waals surface area contributed by atoms with Crippen molar-refractivity contribution in [2.75, 3.05) is 10.2 Å². The largest absolute Gasteiger partial charge is 0.355 e. The van der Waals surface area contributed by atoms with E-state index in [-0.39, 0.29) is 8.85 Å². The molecule has 22 rings (SSSR count). The summed E-state index contributed by atoms with van der Waals surface area (Å²) in [5.41, 5.74) is 37.2. The Morgan fingerprint density at radius 3 is 0.976 bits per heavy atom. The van der Waals surface area contributed by atoms with Gasteiger partial charge in [-0.15, -0.1) is 0 Å². The van der Waals surface area contributed by atoms with Gasteiger partial charge in [-0.05, 0) is 197 Å². The lowest BCUT2D eigenvalue weighted by atomic mass is 9.62. The molecule has 0 unspecified atom stereocenters. The summed E-state index contributed by atoms with van der Waals surface area (Å²) in [6, 6.07) is 141. The van der Waals surface area contributed by atoms with Crippen LogP contribution in [0.5, 0.6) is 0 Å². The van der Waals surface area contributed by atoms with E-state index in [1.165, 1.54) is 116 Å². The molecule has 0 amide bonds. The van der Waals surface area contributed by atoms with E-state index in [4.69, 9.17) is 9.97 Å². The van der Waals surface area contributed by atoms with Crippen molar-refractivity contribution in [3.05, 3.63) is 482 Å². The number of rotatable bonds is 11. The summed E-state index contributed by atoms with van der Waals surface area (Å²) >= 11 is 3.47. The van der Waals surface area contributed by atoms with Gasteiger partial charge in [0.1, 0.15) is 11.6 Å². The van der Waals surface area contributed by atoms with E-state index in [1.807, 2.05) is 50.2 Å². The van der Waals surface area contributed by atoms with Crippen molar-refractivity contribution in [1.82, 2.24) is 29.1 Å². The normalized spacial score (nSPS) is 12.7. The van der Waals surface area contributed by atoms with E-state index in [0.29, 0.717) is 0 Å². The average Bonchev–Trinajstić information content (AvgIpc) is 1.17. The van der Waals surface area contributed by atoms with Gasteiger partial charge in [-0.3, -0.25) is 0 Å². The molecule has 0 saturated carbocycles. The molecule has 4 aromatic heterocycles. The zero-order chi connectivity index (χ0) is 83.6. The molecule has 16 aromatic carbocycles. The number of aromatic nitrogens is 6. The van der Waals surface area contributed by atoms with Crippen molar-refractivity contribution in [2.24, 2.45) is 0 Å². The lowest BCUT2D eigenvalue weighted by Gasteiger charge is -2.47. The predicted octanol–water partition coefficient (Wildman–Crippen LogP) is 30.2. The number of hydrogen-bond donors (Lipinski definition) is 1. The minimum absolute atomic E-state index is 0. The number of nitrogens with zero attached hydrogens (tertiary/aromatic N) is 7. The minimum atomic E-state index is -0.643. The third kappa shape index (κ3) is 13.7. The molecule has 0 atom stereocenters. The van der Waals surface area contributed by atoms with Crippen molar-refractivity contribution in [3.63, 3.8) is 0 Å². The van der Waals surface area contributed by atoms with Crippen LogP contribution in [0.3, 0.4) is 0 Å². The van der Waals surface area contributed by atoms with Crippen LogP contribution in [0.2, 0.25) is 0 Å². The van der Waals surface area contributed by atoms with Gasteiger partial charge in [0.15, 0.2) is 0 Å². The molecular weight excluding hydrogens is 1570 g/mol. The summed E-state index contributed by atoms with van der Waals surface area (Å²) in [7, 11) is 0. The van der Waals surface area contributed by atoms with E-state index in [2.05, 4.69) is 439 Å². The lowest BCUT2D eigenvalue weighted by molar-refractivity contribution is 0.730. The molecule has 2 aliphatic rings. The molecule has 0 bridgehead atoms. The lowest BCUT2D eigenvalue weighted by Crippen LogP contribution is -2.38. The Labute approximate surface area is 735 Å². The molecule has 8 nitrogen and oxygen atoms in total. The number of benzene rings is 16. The molecule has 0 aliphatic carbocycles. The summed E-state index contributed by atoms with van der Waals surface area (Å²) in [6.45, 7) is 16.9. The zero-order valence-corrected chi connectivity index (χ0v) is 71.5. The molecule has 1 N–H and O–H groups in total. The van der Waals surface area contributed by atoms with Gasteiger partial charge in [0, 0.05) is 89.3 Å². The van der Waals surface area contributed by atoms with Gasteiger partial charge in [0.25, 0.3) is 0 Å². The van der Waals surface area contributed by atoms with E-state index in [0.717, 1.165) is 106 Å². The second-order valence-corrected chi connectivity index (χ2v) is 33.6. The SMILES string of the molecule is C.Cc1ccc2c(c1)C(c1ccccc1)(c1ccc3c4ccccc4n(-c4ccccc4)c3c1)c1cc(C)ccc1N2.Cc1ccc2c(c1)C(c1ccccc1)(c1ccc3c4ccccc4n(-c4ccccc4)c3c1)c1cc(C)ccc1N2c1ccc(-c2nc(C)nc(-c3ccccc3)c2C)cc1.Cc1nc(-c2ccccc2)c(C)c(-c2ccc(Br)cc2)n1.[2HH]. The number of nitrogens with one attached hydrogen (secondary N) is 1. The number of anilines is 5. The molecule has 9 heteroatoms. The second kappa shape index (κ2) is 32.7. The van der Waals surface area contributed by atoms with Crippen LogP contribution < -0.4 is 10.2 Å². The fourth-order valence-electron chi connectivity index (χ4n) is 19.3. The van der Waals surface area contributed by atoms with Gasteiger partial charge in [0.05, 0.1) is 67.0 Å². The number of hydrogen-bond acceptors (Lipinski definition) is 6. The molecule has 6 heterocycles. The zero-order valence-electron chi connectivity index (χ0n) is 70.0. The Hall–Kier alpha value is -14.6. The second-order valence-electron chi connectivity index (χ2n) is 32.6. The van der Waals surface area contributed by atoms with E-state index in [9.17, 15) is 0 Å². The van der Waals surface area contributed by atoms with Crippen LogP contribution >= 0.6 is 15.9 Å². The predicted molar refractivity (Wildman–Crippen MR) is 524 cm³/mol. The molecule has 124 heavy (non-hydrogen) atoms. The van der Waals surface area contributed by atoms with Gasteiger partial charge < -0.3 is 19.4 Å². The fourth-order valence-corrected chi connectivity index (χ4v) is 19.6. The molecule has 2 aliphatic heterocycles. The van der Waals surface area contributed by atoms with Crippen molar-refractivity contribution >= 4 is 88.0 Å². The first-order valence-corrected chi connectivity index (χ1v) is 43.0. The van der Waals surface area contributed by atoms with Crippen molar-refractivity contribution in [3.8, 4) is 56.4 Å². The molecule has 20 aromatic rings. The maximum atomic E-state index is 4.98. The first-order valence-electron chi connectivity index (χ1n) is 42.2. The topological polar surface area (TPSA) is 76.7 Å². The smallest absolute Gasteiger partial charge is 0.126 e. The fraction of sp³-hybridized carbons (Fsp3) is 0.0957. The molecular formula is C115H95BrN8. The van der Waals surface area contributed by atoms with Gasteiger partial charge >= 0.3 is 0 Å². The molecule has 0 fully saturated rings. The monoisotopic (exact) mass is 1670 g/mol. The third-order valence-electron chi connectivity index (χ3n) is 24.8. The summed E-state index contributed by atoms with van der Waals surface area (Å²) < 4.78 is 5.92. The summed E-state index contributed by atoms with van der Waals surface area (Å²) in [4.78, 5) is 21.6. The van der Waals surface area contributed by atoms with Crippen LogP contribution in [0.15, 0.2) is 393 Å². The maximum Gasteiger partial charge on any atom is 0.126 e. The summed E-state index contributed by atoms with van der Waals surface area (Å²) in [5.74, 6) is 1.55. The maximum absolute atomic E-state index is 4.98. The van der Waals surface area contributed by atoms with Gasteiger partial charge in [0.2, 0.25) is 0 Å². The summed E-state index contributed by atoms with van der Waals surface area (Å²) in [5, 5.41) is 8.80. The molecule has 0 radical (unpaired) electrons. The van der Waals surface area contributed by atoms with E-state index < -0.39 is 10.8 Å². The molecule has 602 valence electrons. The van der Waals surface area contributed by atoms with Crippen LogP contribution in [0, 0.1) is 55.4 Å². The highest BCUT2D eigenvalue weighted by Crippen LogP contribution is 2.60. The Bertz CT molecular complexity index is 7310. The first kappa shape index (κ1) is 79.2. The average molecular weight is 1670 g/mol. The van der Waals surface area contributed by atoms with E-state index in [1.54, 1.807) is 0 Å². The van der Waals surface area contributed by atoms with Gasteiger partial charge in [-0.25, -0.2) is 19.9 Å².